The number of benzene rings is 3. The second-order valence-electron chi connectivity index (χ2n) is 7.68. The van der Waals surface area contributed by atoms with Crippen molar-refractivity contribution in [1.82, 2.24) is 9.88 Å². The van der Waals surface area contributed by atoms with Crippen LogP contribution in [0, 0.1) is 20.8 Å². The van der Waals surface area contributed by atoms with Crippen LogP contribution in [-0.4, -0.2) is 10.5 Å². The Morgan fingerprint density at radius 3 is 2.31 bits per heavy atom. The monoisotopic (exact) mass is 382 g/mol. The lowest BCUT2D eigenvalue weighted by atomic mass is 10.1. The Labute approximate surface area is 172 Å². The van der Waals surface area contributed by atoms with Crippen molar-refractivity contribution in [2.45, 2.75) is 33.9 Å². The second kappa shape index (κ2) is 7.96. The summed E-state index contributed by atoms with van der Waals surface area (Å²) in [6.45, 7) is 7.70. The molecular formula is C26H26N2O. The molecule has 0 aliphatic carbocycles. The number of hydrogen-bond donors (Lipinski definition) is 1. The molecule has 3 heteroatoms. The van der Waals surface area contributed by atoms with Crippen LogP contribution >= 0.6 is 0 Å². The first-order valence-corrected chi connectivity index (χ1v) is 10.00. The summed E-state index contributed by atoms with van der Waals surface area (Å²) in [7, 11) is 0. The van der Waals surface area contributed by atoms with Gasteiger partial charge in [0, 0.05) is 35.2 Å². The highest BCUT2D eigenvalue weighted by Crippen LogP contribution is 2.27. The standard InChI is InChI=1S/C26H26N2O/c1-18-9-11-21(12-10-18)16-27-26(29)23-13-14-25-24(15-23)19(2)20(3)28(25)17-22-7-5-4-6-8-22/h4-15H,16-17H2,1-3H3,(H,27,29). The maximum Gasteiger partial charge on any atom is 0.251 e. The van der Waals surface area contributed by atoms with Gasteiger partial charge in [-0.15, -0.1) is 0 Å². The van der Waals surface area contributed by atoms with Crippen LogP contribution in [0.2, 0.25) is 0 Å². The molecule has 146 valence electrons. The molecule has 0 bridgehead atoms. The van der Waals surface area contributed by atoms with Crippen molar-refractivity contribution in [3.63, 3.8) is 0 Å². The summed E-state index contributed by atoms with van der Waals surface area (Å²) in [5.74, 6) is -0.0414. The van der Waals surface area contributed by atoms with Crippen LogP contribution in [0.15, 0.2) is 72.8 Å². The maximum atomic E-state index is 12.7. The van der Waals surface area contributed by atoms with Gasteiger partial charge in [0.15, 0.2) is 0 Å². The molecule has 0 aliphatic heterocycles. The van der Waals surface area contributed by atoms with Crippen molar-refractivity contribution in [3.05, 3.63) is 106 Å². The van der Waals surface area contributed by atoms with Gasteiger partial charge in [0.2, 0.25) is 0 Å². The van der Waals surface area contributed by atoms with Crippen molar-refractivity contribution < 1.29 is 4.79 Å². The van der Waals surface area contributed by atoms with E-state index < -0.39 is 0 Å². The van der Waals surface area contributed by atoms with Gasteiger partial charge in [0.05, 0.1) is 0 Å². The molecule has 1 aromatic heterocycles. The van der Waals surface area contributed by atoms with Crippen molar-refractivity contribution in [3.8, 4) is 0 Å². The van der Waals surface area contributed by atoms with E-state index in [9.17, 15) is 4.79 Å². The van der Waals surface area contributed by atoms with E-state index in [1.165, 1.54) is 27.9 Å². The van der Waals surface area contributed by atoms with Gasteiger partial charge in [-0.2, -0.15) is 0 Å². The highest BCUT2D eigenvalue weighted by atomic mass is 16.1. The van der Waals surface area contributed by atoms with E-state index in [0.717, 1.165) is 17.5 Å². The van der Waals surface area contributed by atoms with Crippen LogP contribution in [0.3, 0.4) is 0 Å². The molecule has 1 N–H and O–H groups in total. The Balaban J connectivity index is 1.58. The molecular weight excluding hydrogens is 356 g/mol. The minimum absolute atomic E-state index is 0.0414. The third-order valence-electron chi connectivity index (χ3n) is 5.66. The molecule has 0 saturated heterocycles. The summed E-state index contributed by atoms with van der Waals surface area (Å²) < 4.78 is 2.33. The Hall–Kier alpha value is -3.33. The average molecular weight is 383 g/mol. The smallest absolute Gasteiger partial charge is 0.251 e. The Morgan fingerprint density at radius 2 is 1.59 bits per heavy atom. The van der Waals surface area contributed by atoms with E-state index in [1.54, 1.807) is 0 Å². The molecule has 3 nitrogen and oxygen atoms in total. The van der Waals surface area contributed by atoms with Crippen LogP contribution in [0.1, 0.15) is 38.3 Å². The van der Waals surface area contributed by atoms with Gasteiger partial charge in [-0.1, -0.05) is 60.2 Å². The number of aromatic nitrogens is 1. The van der Waals surface area contributed by atoms with E-state index in [0.29, 0.717) is 12.1 Å². The topological polar surface area (TPSA) is 34.0 Å². The summed E-state index contributed by atoms with van der Waals surface area (Å²) in [6.07, 6.45) is 0. The molecule has 29 heavy (non-hydrogen) atoms. The predicted octanol–water partition coefficient (Wildman–Crippen LogP) is 5.54. The first-order valence-electron chi connectivity index (χ1n) is 10.00. The molecule has 0 unspecified atom stereocenters. The molecule has 0 radical (unpaired) electrons. The predicted molar refractivity (Wildman–Crippen MR) is 119 cm³/mol. The average Bonchev–Trinajstić information content (AvgIpc) is 2.98. The van der Waals surface area contributed by atoms with Crippen LogP contribution < -0.4 is 5.32 Å². The molecule has 0 atom stereocenters. The fourth-order valence-electron chi connectivity index (χ4n) is 3.75. The van der Waals surface area contributed by atoms with Gasteiger partial charge in [0.1, 0.15) is 0 Å². The zero-order chi connectivity index (χ0) is 20.4. The SMILES string of the molecule is Cc1ccc(CNC(=O)c2ccc3c(c2)c(C)c(C)n3Cc2ccccc2)cc1. The summed E-state index contributed by atoms with van der Waals surface area (Å²) in [5.41, 5.74) is 7.92. The van der Waals surface area contributed by atoms with Gasteiger partial charge in [-0.3, -0.25) is 4.79 Å². The summed E-state index contributed by atoms with van der Waals surface area (Å²) in [5, 5.41) is 4.17. The van der Waals surface area contributed by atoms with Gasteiger partial charge in [-0.25, -0.2) is 0 Å². The van der Waals surface area contributed by atoms with Crippen molar-refractivity contribution >= 4 is 16.8 Å². The first kappa shape index (κ1) is 19.0. The number of carbonyl (C=O) groups is 1. The summed E-state index contributed by atoms with van der Waals surface area (Å²) in [6, 6.07) is 24.7. The number of hydrogen-bond acceptors (Lipinski definition) is 1. The molecule has 3 aromatic carbocycles. The highest BCUT2D eigenvalue weighted by molar-refractivity contribution is 5.99. The lowest BCUT2D eigenvalue weighted by molar-refractivity contribution is 0.0951. The van der Waals surface area contributed by atoms with Gasteiger partial charge in [0.25, 0.3) is 5.91 Å². The molecule has 0 spiro atoms. The second-order valence-corrected chi connectivity index (χ2v) is 7.68. The molecule has 0 saturated carbocycles. The van der Waals surface area contributed by atoms with Crippen LogP contribution in [0.4, 0.5) is 0 Å². The Bertz CT molecular complexity index is 1160. The third-order valence-corrected chi connectivity index (χ3v) is 5.66. The summed E-state index contributed by atoms with van der Waals surface area (Å²) >= 11 is 0. The normalized spacial score (nSPS) is 11.0. The van der Waals surface area contributed by atoms with Crippen LogP contribution in [0.5, 0.6) is 0 Å². The number of nitrogens with zero attached hydrogens (tertiary/aromatic N) is 1. The number of amides is 1. The van der Waals surface area contributed by atoms with Crippen LogP contribution in [-0.2, 0) is 13.1 Å². The fourth-order valence-corrected chi connectivity index (χ4v) is 3.75. The maximum absolute atomic E-state index is 12.7. The minimum atomic E-state index is -0.0414. The quantitative estimate of drug-likeness (QED) is 0.483. The van der Waals surface area contributed by atoms with Crippen molar-refractivity contribution in [2.24, 2.45) is 0 Å². The minimum Gasteiger partial charge on any atom is -0.348 e. The molecule has 4 aromatic rings. The van der Waals surface area contributed by atoms with Gasteiger partial charge < -0.3 is 9.88 Å². The molecule has 4 rings (SSSR count). The lowest BCUT2D eigenvalue weighted by Gasteiger charge is -2.09. The number of nitrogens with one attached hydrogen (secondary N) is 1. The fraction of sp³-hybridized carbons (Fsp3) is 0.192. The Kier molecular flexibility index (Phi) is 5.22. The largest absolute Gasteiger partial charge is 0.348 e. The zero-order valence-electron chi connectivity index (χ0n) is 17.2. The number of aryl methyl sites for hydroxylation is 2. The molecule has 1 amide bonds. The van der Waals surface area contributed by atoms with Gasteiger partial charge >= 0.3 is 0 Å². The Morgan fingerprint density at radius 1 is 0.862 bits per heavy atom. The third kappa shape index (κ3) is 3.95. The van der Waals surface area contributed by atoms with E-state index >= 15 is 0 Å². The van der Waals surface area contributed by atoms with Crippen molar-refractivity contribution in [1.29, 1.82) is 0 Å². The van der Waals surface area contributed by atoms with E-state index in [-0.39, 0.29) is 5.91 Å². The van der Waals surface area contributed by atoms with Gasteiger partial charge in [-0.05, 0) is 55.7 Å². The van der Waals surface area contributed by atoms with E-state index in [1.807, 2.05) is 18.2 Å². The number of rotatable bonds is 5. The number of fused-ring (bicyclic) bond motifs is 1. The molecule has 0 aliphatic rings. The zero-order valence-corrected chi connectivity index (χ0v) is 17.2. The lowest BCUT2D eigenvalue weighted by Crippen LogP contribution is -2.22. The molecule has 0 fully saturated rings. The molecule has 1 heterocycles. The van der Waals surface area contributed by atoms with E-state index in [2.05, 4.69) is 85.3 Å². The number of carbonyl (C=O) groups excluding carboxylic acids is 1. The first-order chi connectivity index (χ1) is 14.0. The highest BCUT2D eigenvalue weighted by Gasteiger charge is 2.14. The van der Waals surface area contributed by atoms with Crippen LogP contribution in [0.25, 0.3) is 10.9 Å². The summed E-state index contributed by atoms with van der Waals surface area (Å²) in [4.78, 5) is 12.7. The van der Waals surface area contributed by atoms with Crippen molar-refractivity contribution in [2.75, 3.05) is 0 Å². The van der Waals surface area contributed by atoms with E-state index in [4.69, 9.17) is 0 Å².